The van der Waals surface area contributed by atoms with Crippen LogP contribution in [0.5, 0.6) is 5.75 Å². The molecule has 5 rings (SSSR count). The number of hydrogen-bond donors (Lipinski definition) is 2. The van der Waals surface area contributed by atoms with E-state index in [1.54, 1.807) is 30.3 Å². The minimum atomic E-state index is -0.641. The number of H-pyrrole nitrogens is 1. The molecule has 0 atom stereocenters. The number of aryl methyl sites for hydroxylation is 2. The van der Waals surface area contributed by atoms with Crippen LogP contribution in [0.25, 0.3) is 22.0 Å². The van der Waals surface area contributed by atoms with Gasteiger partial charge in [-0.15, -0.1) is 0 Å². The van der Waals surface area contributed by atoms with Crippen molar-refractivity contribution in [1.29, 1.82) is 0 Å². The van der Waals surface area contributed by atoms with Crippen LogP contribution in [0.4, 0.5) is 0 Å². The Morgan fingerprint density at radius 1 is 0.923 bits per heavy atom. The van der Waals surface area contributed by atoms with Gasteiger partial charge in [-0.05, 0) is 61.4 Å². The molecule has 1 aromatic heterocycles. The van der Waals surface area contributed by atoms with Gasteiger partial charge in [-0.25, -0.2) is 10.2 Å². The van der Waals surface area contributed by atoms with Gasteiger partial charge in [0.1, 0.15) is 11.4 Å². The molecule has 39 heavy (non-hydrogen) atoms. The van der Waals surface area contributed by atoms with Crippen molar-refractivity contribution in [1.82, 2.24) is 10.4 Å². The van der Waals surface area contributed by atoms with E-state index in [1.807, 2.05) is 44.2 Å². The third-order valence-corrected chi connectivity index (χ3v) is 6.73. The maximum Gasteiger partial charge on any atom is 0.345 e. The van der Waals surface area contributed by atoms with Gasteiger partial charge in [-0.3, -0.25) is 4.79 Å². The Kier molecular flexibility index (Phi) is 7.50. The second-order valence-corrected chi connectivity index (χ2v) is 9.84. The summed E-state index contributed by atoms with van der Waals surface area (Å²) in [5.74, 6) is -0.785. The molecule has 8 heteroatoms. The molecule has 0 fully saturated rings. The van der Waals surface area contributed by atoms with Crippen LogP contribution in [0.15, 0.2) is 90.0 Å². The molecular weight excluding hydrogens is 533 g/mol. The van der Waals surface area contributed by atoms with Crippen molar-refractivity contribution < 1.29 is 14.3 Å². The number of ether oxygens (including phenoxy) is 1. The second-order valence-electron chi connectivity index (χ2n) is 9.00. The van der Waals surface area contributed by atoms with Gasteiger partial charge in [0.15, 0.2) is 0 Å². The van der Waals surface area contributed by atoms with E-state index in [0.29, 0.717) is 16.3 Å². The van der Waals surface area contributed by atoms with Crippen molar-refractivity contribution >= 4 is 52.2 Å². The Morgan fingerprint density at radius 2 is 1.67 bits per heavy atom. The lowest BCUT2D eigenvalue weighted by molar-refractivity contribution is 0.0734. The van der Waals surface area contributed by atoms with Gasteiger partial charge >= 0.3 is 5.97 Å². The predicted molar refractivity (Wildman–Crippen MR) is 156 cm³/mol. The molecule has 1 amide bonds. The molecule has 0 aliphatic rings. The SMILES string of the molecule is Cc1cc(C)c2[nH]c(C(=O)NN=Cc3ccccc3OC(=O)c3ccc(Cl)cc3Cl)c(-c3ccccc3)c2c1. The summed E-state index contributed by atoms with van der Waals surface area (Å²) in [7, 11) is 0. The number of benzene rings is 4. The zero-order valence-electron chi connectivity index (χ0n) is 21.1. The third kappa shape index (κ3) is 5.58. The molecule has 0 saturated carbocycles. The first kappa shape index (κ1) is 26.2. The standard InChI is InChI=1S/C31H23Cl2N3O3/c1-18-14-19(2)28-24(15-18)27(20-8-4-3-5-9-20)29(35-28)30(37)36-34-17-21-10-6-7-11-26(21)39-31(38)23-13-12-22(32)16-25(23)33/h3-17,35H,1-2H3,(H,36,37). The second kappa shape index (κ2) is 11.2. The lowest BCUT2D eigenvalue weighted by atomic mass is 9.99. The molecule has 0 aliphatic heterocycles. The normalized spacial score (nSPS) is 11.2. The van der Waals surface area contributed by atoms with E-state index in [2.05, 4.69) is 27.6 Å². The lowest BCUT2D eigenvalue weighted by Gasteiger charge is -2.08. The number of carbonyl (C=O) groups excluding carboxylic acids is 2. The molecule has 0 spiro atoms. The first-order chi connectivity index (χ1) is 18.8. The molecule has 0 unspecified atom stereocenters. The summed E-state index contributed by atoms with van der Waals surface area (Å²) in [5.41, 5.74) is 8.44. The molecular formula is C31H23Cl2N3O3. The van der Waals surface area contributed by atoms with E-state index in [1.165, 1.54) is 18.3 Å². The van der Waals surface area contributed by atoms with Crippen LogP contribution >= 0.6 is 23.2 Å². The first-order valence-electron chi connectivity index (χ1n) is 12.1. The fraction of sp³-hybridized carbons (Fsp3) is 0.0645. The summed E-state index contributed by atoms with van der Waals surface area (Å²) in [6, 6.07) is 25.3. The van der Waals surface area contributed by atoms with Crippen LogP contribution in [0.2, 0.25) is 10.0 Å². The van der Waals surface area contributed by atoms with Crippen LogP contribution < -0.4 is 10.2 Å². The molecule has 0 saturated heterocycles. The highest BCUT2D eigenvalue weighted by Crippen LogP contribution is 2.34. The van der Waals surface area contributed by atoms with Crippen LogP contribution in [0.1, 0.15) is 37.5 Å². The number of nitrogens with one attached hydrogen (secondary N) is 2. The van der Waals surface area contributed by atoms with Gasteiger partial charge in [0.2, 0.25) is 0 Å². The van der Waals surface area contributed by atoms with Crippen molar-refractivity contribution in [2.24, 2.45) is 5.10 Å². The van der Waals surface area contributed by atoms with Crippen molar-refractivity contribution in [3.8, 4) is 16.9 Å². The highest BCUT2D eigenvalue weighted by molar-refractivity contribution is 6.36. The molecule has 6 nitrogen and oxygen atoms in total. The third-order valence-electron chi connectivity index (χ3n) is 6.18. The molecule has 5 aromatic rings. The topological polar surface area (TPSA) is 83.6 Å². The number of hydrogen-bond acceptors (Lipinski definition) is 4. The lowest BCUT2D eigenvalue weighted by Crippen LogP contribution is -2.19. The monoisotopic (exact) mass is 555 g/mol. The predicted octanol–water partition coefficient (Wildman–Crippen LogP) is 7.74. The summed E-state index contributed by atoms with van der Waals surface area (Å²) in [6.45, 7) is 4.04. The van der Waals surface area contributed by atoms with E-state index in [9.17, 15) is 9.59 Å². The zero-order chi connectivity index (χ0) is 27.5. The molecule has 0 bridgehead atoms. The summed E-state index contributed by atoms with van der Waals surface area (Å²) < 4.78 is 5.56. The highest BCUT2D eigenvalue weighted by atomic mass is 35.5. The molecule has 1 heterocycles. The first-order valence-corrected chi connectivity index (χ1v) is 12.9. The van der Waals surface area contributed by atoms with Gasteiger partial charge in [-0.2, -0.15) is 5.10 Å². The zero-order valence-corrected chi connectivity index (χ0v) is 22.6. The Labute approximate surface area is 235 Å². The number of para-hydroxylation sites is 1. The number of esters is 1. The van der Waals surface area contributed by atoms with E-state index >= 15 is 0 Å². The minimum Gasteiger partial charge on any atom is -0.422 e. The Morgan fingerprint density at radius 3 is 2.44 bits per heavy atom. The number of aromatic amines is 1. The summed E-state index contributed by atoms with van der Waals surface area (Å²) in [5, 5.41) is 5.71. The smallest absolute Gasteiger partial charge is 0.345 e. The molecule has 0 aliphatic carbocycles. The number of nitrogens with zero attached hydrogens (tertiary/aromatic N) is 1. The van der Waals surface area contributed by atoms with E-state index in [4.69, 9.17) is 27.9 Å². The quantitative estimate of drug-likeness (QED) is 0.0971. The van der Waals surface area contributed by atoms with E-state index < -0.39 is 11.9 Å². The average Bonchev–Trinajstić information content (AvgIpc) is 3.30. The van der Waals surface area contributed by atoms with E-state index in [0.717, 1.165) is 33.2 Å². The summed E-state index contributed by atoms with van der Waals surface area (Å²) in [6.07, 6.45) is 1.42. The number of hydrazone groups is 1. The van der Waals surface area contributed by atoms with Gasteiger partial charge < -0.3 is 9.72 Å². The number of amides is 1. The number of carbonyl (C=O) groups is 2. The van der Waals surface area contributed by atoms with Crippen LogP contribution in [-0.4, -0.2) is 23.1 Å². The largest absolute Gasteiger partial charge is 0.422 e. The van der Waals surface area contributed by atoms with Crippen molar-refractivity contribution in [2.75, 3.05) is 0 Å². The van der Waals surface area contributed by atoms with E-state index in [-0.39, 0.29) is 16.3 Å². The van der Waals surface area contributed by atoms with Crippen molar-refractivity contribution in [3.05, 3.63) is 123 Å². The summed E-state index contributed by atoms with van der Waals surface area (Å²) >= 11 is 12.1. The number of halogens is 2. The van der Waals surface area contributed by atoms with Crippen LogP contribution in [-0.2, 0) is 0 Å². The Bertz CT molecular complexity index is 1740. The average molecular weight is 556 g/mol. The van der Waals surface area contributed by atoms with Gasteiger partial charge in [-0.1, -0.05) is 77.3 Å². The van der Waals surface area contributed by atoms with Crippen molar-refractivity contribution in [3.63, 3.8) is 0 Å². The molecule has 194 valence electrons. The van der Waals surface area contributed by atoms with Gasteiger partial charge in [0.05, 0.1) is 16.8 Å². The molecule has 0 radical (unpaired) electrons. The van der Waals surface area contributed by atoms with Crippen LogP contribution in [0, 0.1) is 13.8 Å². The number of rotatable bonds is 6. The van der Waals surface area contributed by atoms with Gasteiger partial charge in [0.25, 0.3) is 5.91 Å². The van der Waals surface area contributed by atoms with Crippen LogP contribution in [0.3, 0.4) is 0 Å². The Hall–Kier alpha value is -4.39. The summed E-state index contributed by atoms with van der Waals surface area (Å²) in [4.78, 5) is 29.3. The van der Waals surface area contributed by atoms with Gasteiger partial charge in [0, 0.05) is 27.1 Å². The minimum absolute atomic E-state index is 0.180. The Balaban J connectivity index is 1.41. The fourth-order valence-electron chi connectivity index (χ4n) is 4.43. The molecule has 4 aromatic carbocycles. The number of aromatic nitrogens is 1. The van der Waals surface area contributed by atoms with Crippen molar-refractivity contribution in [2.45, 2.75) is 13.8 Å². The fourth-order valence-corrected chi connectivity index (χ4v) is 4.92. The maximum absolute atomic E-state index is 13.3. The number of fused-ring (bicyclic) bond motifs is 1. The highest BCUT2D eigenvalue weighted by Gasteiger charge is 2.20. The molecule has 2 N–H and O–H groups in total. The maximum atomic E-state index is 13.3.